The number of fused-ring (bicyclic) bond motifs is 1. The molecule has 1 aromatic rings. The minimum atomic E-state index is -4.67. The van der Waals surface area contributed by atoms with Crippen molar-refractivity contribution in [2.45, 2.75) is 13.0 Å². The summed E-state index contributed by atoms with van der Waals surface area (Å²) < 4.78 is 31.6. The summed E-state index contributed by atoms with van der Waals surface area (Å²) in [6.45, 7) is 2.19. The van der Waals surface area contributed by atoms with Crippen LogP contribution in [0.3, 0.4) is 0 Å². The van der Waals surface area contributed by atoms with Gasteiger partial charge in [-0.15, -0.1) is 0 Å². The molecule has 0 bridgehead atoms. The molecule has 1 heterocycles. The van der Waals surface area contributed by atoms with Gasteiger partial charge in [0.2, 0.25) is 0 Å². The molecule has 0 fully saturated rings. The Hall–Kier alpha value is -0.950. The van der Waals surface area contributed by atoms with Crippen LogP contribution >= 0.6 is 0 Å². The zero-order chi connectivity index (χ0) is 11.3. The van der Waals surface area contributed by atoms with Crippen LogP contribution in [0, 0.1) is 0 Å². The Morgan fingerprint density at radius 3 is 2.20 bits per heavy atom. The molecule has 1 aliphatic heterocycles. The van der Waals surface area contributed by atoms with Crippen molar-refractivity contribution < 1.29 is 17.5 Å². The van der Waals surface area contributed by atoms with E-state index in [0.29, 0.717) is 0 Å². The Bertz CT molecular complexity index is 383. The molecule has 0 radical (unpaired) electrons. The van der Waals surface area contributed by atoms with Crippen molar-refractivity contribution in [1.29, 1.82) is 0 Å². The highest BCUT2D eigenvalue weighted by molar-refractivity contribution is 7.79. The normalized spacial score (nSPS) is 14.8. The largest absolute Gasteiger partial charge is 0.394 e. The SMILES string of the molecule is O=S(=O)(O)O.c1ccc2c(c1)CCNC2. The molecule has 1 aliphatic rings. The Morgan fingerprint density at radius 1 is 1.13 bits per heavy atom. The maximum atomic E-state index is 8.74. The fourth-order valence-corrected chi connectivity index (χ4v) is 1.42. The van der Waals surface area contributed by atoms with Crippen LogP contribution in [-0.2, 0) is 23.4 Å². The second kappa shape index (κ2) is 5.22. The van der Waals surface area contributed by atoms with Crippen molar-refractivity contribution in [2.24, 2.45) is 0 Å². The van der Waals surface area contributed by atoms with Crippen LogP contribution in [0.2, 0.25) is 0 Å². The monoisotopic (exact) mass is 231 g/mol. The van der Waals surface area contributed by atoms with Crippen LogP contribution in [-0.4, -0.2) is 24.1 Å². The van der Waals surface area contributed by atoms with Crippen LogP contribution in [0.1, 0.15) is 11.1 Å². The molecule has 2 rings (SSSR count). The van der Waals surface area contributed by atoms with Crippen molar-refractivity contribution >= 4 is 10.4 Å². The van der Waals surface area contributed by atoms with Crippen LogP contribution in [0.4, 0.5) is 0 Å². The van der Waals surface area contributed by atoms with Gasteiger partial charge in [0.15, 0.2) is 0 Å². The summed E-state index contributed by atoms with van der Waals surface area (Å²) in [5.74, 6) is 0. The van der Waals surface area contributed by atoms with Crippen molar-refractivity contribution in [3.05, 3.63) is 35.4 Å². The third kappa shape index (κ3) is 5.48. The fourth-order valence-electron chi connectivity index (χ4n) is 1.42. The maximum Gasteiger partial charge on any atom is 0.394 e. The molecule has 0 spiro atoms. The molecule has 0 saturated heterocycles. The number of rotatable bonds is 0. The number of hydrogen-bond acceptors (Lipinski definition) is 3. The van der Waals surface area contributed by atoms with E-state index < -0.39 is 10.4 Å². The highest BCUT2D eigenvalue weighted by Gasteiger charge is 2.05. The van der Waals surface area contributed by atoms with E-state index in [2.05, 4.69) is 29.6 Å². The molecule has 0 aromatic heterocycles. The predicted molar refractivity (Wildman–Crippen MR) is 56.0 cm³/mol. The molecule has 0 atom stereocenters. The lowest BCUT2D eigenvalue weighted by Gasteiger charge is -2.15. The lowest BCUT2D eigenvalue weighted by Crippen LogP contribution is -2.23. The van der Waals surface area contributed by atoms with Gasteiger partial charge in [-0.25, -0.2) is 0 Å². The summed E-state index contributed by atoms with van der Waals surface area (Å²) >= 11 is 0. The molecule has 0 unspecified atom stereocenters. The smallest absolute Gasteiger partial charge is 0.312 e. The average molecular weight is 231 g/mol. The second-order valence-corrected chi connectivity index (χ2v) is 4.04. The van der Waals surface area contributed by atoms with Gasteiger partial charge in [0, 0.05) is 6.54 Å². The van der Waals surface area contributed by atoms with E-state index in [4.69, 9.17) is 17.5 Å². The Morgan fingerprint density at radius 2 is 1.67 bits per heavy atom. The number of hydrogen-bond donors (Lipinski definition) is 3. The van der Waals surface area contributed by atoms with Crippen LogP contribution in [0.25, 0.3) is 0 Å². The Balaban J connectivity index is 0.000000195. The number of nitrogens with one attached hydrogen (secondary N) is 1. The number of benzene rings is 1. The molecule has 0 aliphatic carbocycles. The molecule has 6 heteroatoms. The van der Waals surface area contributed by atoms with Gasteiger partial charge in [0.25, 0.3) is 0 Å². The topological polar surface area (TPSA) is 86.6 Å². The van der Waals surface area contributed by atoms with Crippen molar-refractivity contribution in [2.75, 3.05) is 6.54 Å². The predicted octanol–water partition coefficient (Wildman–Crippen LogP) is 0.679. The van der Waals surface area contributed by atoms with Gasteiger partial charge in [-0.05, 0) is 24.1 Å². The Kier molecular flexibility index (Phi) is 4.22. The van der Waals surface area contributed by atoms with E-state index >= 15 is 0 Å². The third-order valence-corrected chi connectivity index (χ3v) is 2.00. The molecule has 1 aromatic carbocycles. The first kappa shape index (κ1) is 12.1. The van der Waals surface area contributed by atoms with Gasteiger partial charge in [0.1, 0.15) is 0 Å². The fraction of sp³-hybridized carbons (Fsp3) is 0.333. The molecular weight excluding hydrogens is 218 g/mol. The van der Waals surface area contributed by atoms with Gasteiger partial charge >= 0.3 is 10.4 Å². The molecule has 84 valence electrons. The summed E-state index contributed by atoms with van der Waals surface area (Å²) in [4.78, 5) is 0. The van der Waals surface area contributed by atoms with Crippen molar-refractivity contribution in [3.8, 4) is 0 Å². The zero-order valence-corrected chi connectivity index (χ0v) is 8.87. The third-order valence-electron chi connectivity index (χ3n) is 2.00. The van der Waals surface area contributed by atoms with E-state index in [9.17, 15) is 0 Å². The van der Waals surface area contributed by atoms with E-state index in [-0.39, 0.29) is 0 Å². The van der Waals surface area contributed by atoms with E-state index in [1.54, 1.807) is 0 Å². The Labute approximate surface area is 88.7 Å². The minimum Gasteiger partial charge on any atom is -0.312 e. The molecule has 5 nitrogen and oxygen atoms in total. The van der Waals surface area contributed by atoms with E-state index in [1.807, 2.05) is 0 Å². The van der Waals surface area contributed by atoms with Crippen molar-refractivity contribution in [1.82, 2.24) is 5.32 Å². The molecule has 15 heavy (non-hydrogen) atoms. The first-order chi connectivity index (χ1) is 6.97. The van der Waals surface area contributed by atoms with Crippen molar-refractivity contribution in [3.63, 3.8) is 0 Å². The second-order valence-electron chi connectivity index (χ2n) is 3.14. The summed E-state index contributed by atoms with van der Waals surface area (Å²) in [6.07, 6.45) is 1.19. The van der Waals surface area contributed by atoms with Gasteiger partial charge in [-0.2, -0.15) is 8.42 Å². The minimum absolute atomic E-state index is 1.05. The molecule has 0 amide bonds. The summed E-state index contributed by atoms with van der Waals surface area (Å²) in [5.41, 5.74) is 2.98. The molecule has 0 saturated carbocycles. The van der Waals surface area contributed by atoms with E-state index in [0.717, 1.165) is 13.1 Å². The summed E-state index contributed by atoms with van der Waals surface area (Å²) in [6, 6.07) is 8.63. The van der Waals surface area contributed by atoms with Gasteiger partial charge in [0.05, 0.1) is 0 Å². The lowest BCUT2D eigenvalue weighted by molar-refractivity contribution is 0.381. The molecule has 3 N–H and O–H groups in total. The van der Waals surface area contributed by atoms with Gasteiger partial charge < -0.3 is 5.32 Å². The first-order valence-corrected chi connectivity index (χ1v) is 5.84. The van der Waals surface area contributed by atoms with Crippen LogP contribution in [0.15, 0.2) is 24.3 Å². The highest BCUT2D eigenvalue weighted by Crippen LogP contribution is 2.11. The maximum absolute atomic E-state index is 8.74. The first-order valence-electron chi connectivity index (χ1n) is 4.44. The van der Waals surface area contributed by atoms with E-state index in [1.165, 1.54) is 17.5 Å². The highest BCUT2D eigenvalue weighted by atomic mass is 32.3. The summed E-state index contributed by atoms with van der Waals surface area (Å²) in [7, 11) is -4.67. The average Bonchev–Trinajstić information content (AvgIpc) is 2.16. The van der Waals surface area contributed by atoms with Crippen LogP contribution < -0.4 is 5.32 Å². The molecular formula is C9H13NO4S. The lowest BCUT2D eigenvalue weighted by atomic mass is 10.0. The standard InChI is InChI=1S/C9H11N.H2O4S/c1-2-4-9-7-10-6-5-8(9)3-1;1-5(2,3)4/h1-4,10H,5-7H2;(H2,1,2,3,4). The van der Waals surface area contributed by atoms with Gasteiger partial charge in [-0.1, -0.05) is 24.3 Å². The quantitative estimate of drug-likeness (QED) is 0.571. The zero-order valence-electron chi connectivity index (χ0n) is 8.05. The summed E-state index contributed by atoms with van der Waals surface area (Å²) in [5, 5.41) is 3.34. The van der Waals surface area contributed by atoms with Gasteiger partial charge in [-0.3, -0.25) is 9.11 Å². The van der Waals surface area contributed by atoms with Crippen LogP contribution in [0.5, 0.6) is 0 Å².